The standard InChI is InChI=1S/C12H19NO2/c1-7(2)10-9(14)5-6-12(13,8(3)4)11(10)15/h5-8,10H,13H2,1-4H3. The summed E-state index contributed by atoms with van der Waals surface area (Å²) in [7, 11) is 0. The summed E-state index contributed by atoms with van der Waals surface area (Å²) in [5, 5.41) is 0. The van der Waals surface area contributed by atoms with Gasteiger partial charge in [-0.2, -0.15) is 0 Å². The Balaban J connectivity index is 3.14. The van der Waals surface area contributed by atoms with Gasteiger partial charge in [-0.25, -0.2) is 0 Å². The number of nitrogens with two attached hydrogens (primary N) is 1. The molecule has 0 radical (unpaired) electrons. The van der Waals surface area contributed by atoms with Crippen LogP contribution in [0.2, 0.25) is 0 Å². The van der Waals surface area contributed by atoms with Gasteiger partial charge in [0.05, 0.1) is 11.5 Å². The predicted molar refractivity (Wildman–Crippen MR) is 59.2 cm³/mol. The van der Waals surface area contributed by atoms with Crippen molar-refractivity contribution >= 4 is 11.6 Å². The van der Waals surface area contributed by atoms with E-state index < -0.39 is 11.5 Å². The molecular weight excluding hydrogens is 190 g/mol. The summed E-state index contributed by atoms with van der Waals surface area (Å²) in [6, 6.07) is 0. The van der Waals surface area contributed by atoms with Crippen LogP contribution in [0.15, 0.2) is 12.2 Å². The molecule has 0 heterocycles. The van der Waals surface area contributed by atoms with Crippen LogP contribution < -0.4 is 5.73 Å². The summed E-state index contributed by atoms with van der Waals surface area (Å²) in [4.78, 5) is 23.7. The van der Waals surface area contributed by atoms with E-state index in [-0.39, 0.29) is 23.4 Å². The van der Waals surface area contributed by atoms with Crippen LogP contribution in [0.4, 0.5) is 0 Å². The van der Waals surface area contributed by atoms with Gasteiger partial charge in [0.15, 0.2) is 11.6 Å². The fraction of sp³-hybridized carbons (Fsp3) is 0.667. The van der Waals surface area contributed by atoms with E-state index in [1.165, 1.54) is 6.08 Å². The highest BCUT2D eigenvalue weighted by Crippen LogP contribution is 2.29. The third-order valence-corrected chi connectivity index (χ3v) is 3.16. The quantitative estimate of drug-likeness (QED) is 0.698. The van der Waals surface area contributed by atoms with E-state index in [0.717, 1.165) is 0 Å². The number of ketones is 2. The zero-order valence-electron chi connectivity index (χ0n) is 9.78. The Bertz CT molecular complexity index is 318. The average molecular weight is 209 g/mol. The van der Waals surface area contributed by atoms with Crippen molar-refractivity contribution in [2.45, 2.75) is 33.2 Å². The van der Waals surface area contributed by atoms with Gasteiger partial charge in [-0.05, 0) is 17.9 Å². The number of Topliss-reactive ketones (excluding diaryl/α,β-unsaturated/α-hetero) is 1. The Morgan fingerprint density at radius 1 is 1.27 bits per heavy atom. The van der Waals surface area contributed by atoms with E-state index in [1.54, 1.807) is 6.08 Å². The van der Waals surface area contributed by atoms with Gasteiger partial charge in [-0.3, -0.25) is 9.59 Å². The Labute approximate surface area is 90.7 Å². The van der Waals surface area contributed by atoms with Gasteiger partial charge >= 0.3 is 0 Å². The number of carbonyl (C=O) groups excluding carboxylic acids is 2. The minimum atomic E-state index is -0.969. The van der Waals surface area contributed by atoms with Gasteiger partial charge in [0.2, 0.25) is 0 Å². The first kappa shape index (κ1) is 12.1. The number of hydrogen-bond acceptors (Lipinski definition) is 3. The molecule has 0 aromatic carbocycles. The van der Waals surface area contributed by atoms with Crippen molar-refractivity contribution in [3.05, 3.63) is 12.2 Å². The second-order valence-electron chi connectivity index (χ2n) is 4.91. The van der Waals surface area contributed by atoms with Gasteiger partial charge in [0.1, 0.15) is 0 Å². The first-order valence-corrected chi connectivity index (χ1v) is 5.37. The van der Waals surface area contributed by atoms with E-state index in [2.05, 4.69) is 0 Å². The molecule has 0 bridgehead atoms. The van der Waals surface area contributed by atoms with E-state index >= 15 is 0 Å². The lowest BCUT2D eigenvalue weighted by atomic mass is 9.70. The van der Waals surface area contributed by atoms with Crippen molar-refractivity contribution in [2.75, 3.05) is 0 Å². The molecule has 3 heteroatoms. The van der Waals surface area contributed by atoms with Crippen LogP contribution in [-0.2, 0) is 9.59 Å². The maximum absolute atomic E-state index is 12.1. The SMILES string of the molecule is CC(C)C1C(=O)C=CC(N)(C(C)C)C1=O. The number of carbonyl (C=O) groups is 2. The maximum atomic E-state index is 12.1. The third kappa shape index (κ3) is 1.88. The van der Waals surface area contributed by atoms with Crippen molar-refractivity contribution in [1.82, 2.24) is 0 Å². The van der Waals surface area contributed by atoms with Crippen molar-refractivity contribution < 1.29 is 9.59 Å². The van der Waals surface area contributed by atoms with Crippen molar-refractivity contribution in [1.29, 1.82) is 0 Å². The molecule has 1 aliphatic rings. The average Bonchev–Trinajstić information content (AvgIpc) is 2.11. The molecule has 0 spiro atoms. The lowest BCUT2D eigenvalue weighted by Gasteiger charge is -2.35. The Hall–Kier alpha value is -0.960. The second-order valence-corrected chi connectivity index (χ2v) is 4.91. The number of rotatable bonds is 2. The highest BCUT2D eigenvalue weighted by molar-refractivity contribution is 6.14. The Kier molecular flexibility index (Phi) is 3.14. The first-order chi connectivity index (χ1) is 6.80. The van der Waals surface area contributed by atoms with Crippen LogP contribution in [0.3, 0.4) is 0 Å². The molecular formula is C12H19NO2. The highest BCUT2D eigenvalue weighted by atomic mass is 16.2. The van der Waals surface area contributed by atoms with E-state index in [1.807, 2.05) is 27.7 Å². The molecule has 2 unspecified atom stereocenters. The number of allylic oxidation sites excluding steroid dienone is 1. The number of hydrogen-bond donors (Lipinski definition) is 1. The molecule has 1 rings (SSSR count). The van der Waals surface area contributed by atoms with Gasteiger partial charge in [0, 0.05) is 0 Å². The normalized spacial score (nSPS) is 31.8. The molecule has 0 aromatic heterocycles. The third-order valence-electron chi connectivity index (χ3n) is 3.16. The fourth-order valence-electron chi connectivity index (χ4n) is 1.91. The monoisotopic (exact) mass is 209 g/mol. The van der Waals surface area contributed by atoms with E-state index in [0.29, 0.717) is 0 Å². The van der Waals surface area contributed by atoms with E-state index in [4.69, 9.17) is 5.73 Å². The lowest BCUT2D eigenvalue weighted by Crippen LogP contribution is -2.57. The summed E-state index contributed by atoms with van der Waals surface area (Å²) in [6.07, 6.45) is 3.02. The maximum Gasteiger partial charge on any atom is 0.167 e. The largest absolute Gasteiger partial charge is 0.316 e. The second kappa shape index (κ2) is 3.89. The van der Waals surface area contributed by atoms with Crippen LogP contribution >= 0.6 is 0 Å². The molecule has 0 saturated heterocycles. The van der Waals surface area contributed by atoms with Gasteiger partial charge < -0.3 is 5.73 Å². The zero-order valence-corrected chi connectivity index (χ0v) is 9.78. The minimum Gasteiger partial charge on any atom is -0.316 e. The summed E-state index contributed by atoms with van der Waals surface area (Å²) < 4.78 is 0. The van der Waals surface area contributed by atoms with Crippen LogP contribution in [0, 0.1) is 17.8 Å². The van der Waals surface area contributed by atoms with Crippen molar-refractivity contribution in [3.63, 3.8) is 0 Å². The molecule has 3 nitrogen and oxygen atoms in total. The molecule has 84 valence electrons. The minimum absolute atomic E-state index is 0.00981. The molecule has 1 aliphatic carbocycles. The molecule has 0 aromatic rings. The fourth-order valence-corrected chi connectivity index (χ4v) is 1.91. The van der Waals surface area contributed by atoms with Crippen molar-refractivity contribution in [2.24, 2.45) is 23.5 Å². The molecule has 15 heavy (non-hydrogen) atoms. The Morgan fingerprint density at radius 2 is 1.80 bits per heavy atom. The Morgan fingerprint density at radius 3 is 2.20 bits per heavy atom. The smallest absolute Gasteiger partial charge is 0.167 e. The van der Waals surface area contributed by atoms with Crippen LogP contribution in [0.5, 0.6) is 0 Å². The van der Waals surface area contributed by atoms with Crippen LogP contribution in [0.1, 0.15) is 27.7 Å². The summed E-state index contributed by atoms with van der Waals surface area (Å²) in [5.74, 6) is -0.800. The topological polar surface area (TPSA) is 60.2 Å². The molecule has 0 aliphatic heterocycles. The summed E-state index contributed by atoms with van der Waals surface area (Å²) in [6.45, 7) is 7.55. The predicted octanol–water partition coefficient (Wildman–Crippen LogP) is 1.32. The summed E-state index contributed by atoms with van der Waals surface area (Å²) in [5.41, 5.74) is 5.08. The summed E-state index contributed by atoms with van der Waals surface area (Å²) >= 11 is 0. The van der Waals surface area contributed by atoms with Crippen LogP contribution in [0.25, 0.3) is 0 Å². The van der Waals surface area contributed by atoms with Gasteiger partial charge in [-0.15, -0.1) is 0 Å². The van der Waals surface area contributed by atoms with Crippen LogP contribution in [-0.4, -0.2) is 17.1 Å². The van der Waals surface area contributed by atoms with Crippen molar-refractivity contribution in [3.8, 4) is 0 Å². The van der Waals surface area contributed by atoms with Gasteiger partial charge in [0.25, 0.3) is 0 Å². The highest BCUT2D eigenvalue weighted by Gasteiger charge is 2.45. The molecule has 0 fully saturated rings. The lowest BCUT2D eigenvalue weighted by molar-refractivity contribution is -0.136. The molecule has 2 atom stereocenters. The first-order valence-electron chi connectivity index (χ1n) is 5.37. The zero-order chi connectivity index (χ0) is 11.8. The van der Waals surface area contributed by atoms with E-state index in [9.17, 15) is 9.59 Å². The molecule has 0 saturated carbocycles. The molecule has 0 amide bonds. The van der Waals surface area contributed by atoms with Gasteiger partial charge in [-0.1, -0.05) is 33.8 Å². The molecule has 2 N–H and O–H groups in total.